The van der Waals surface area contributed by atoms with Crippen LogP contribution in [0.25, 0.3) is 10.9 Å². The van der Waals surface area contributed by atoms with Crippen LogP contribution in [0, 0.1) is 6.92 Å². The number of amides is 2. The number of aromatic nitrogens is 2. The third-order valence-corrected chi connectivity index (χ3v) is 6.16. The van der Waals surface area contributed by atoms with E-state index in [4.69, 9.17) is 4.98 Å². The number of nitrogens with zero attached hydrogens (tertiary/aromatic N) is 3. The van der Waals surface area contributed by atoms with Crippen LogP contribution in [0.2, 0.25) is 0 Å². The number of aryl methyl sites for hydroxylation is 1. The lowest BCUT2D eigenvalue weighted by Gasteiger charge is -2.32. The van der Waals surface area contributed by atoms with Crippen LogP contribution >= 0.6 is 0 Å². The van der Waals surface area contributed by atoms with E-state index >= 15 is 0 Å². The van der Waals surface area contributed by atoms with E-state index in [-0.39, 0.29) is 17.6 Å². The highest BCUT2D eigenvalue weighted by molar-refractivity contribution is 5.89. The number of urea groups is 1. The van der Waals surface area contributed by atoms with Gasteiger partial charge in [-0.1, -0.05) is 74.0 Å². The monoisotopic (exact) mass is 468 g/mol. The molecule has 0 fully saturated rings. The second kappa shape index (κ2) is 11.0. The van der Waals surface area contributed by atoms with Gasteiger partial charge in [0.05, 0.1) is 23.5 Å². The van der Waals surface area contributed by atoms with Gasteiger partial charge in [-0.15, -0.1) is 0 Å². The quantitative estimate of drug-likeness (QED) is 0.337. The van der Waals surface area contributed by atoms with Crippen molar-refractivity contribution >= 4 is 22.6 Å². The van der Waals surface area contributed by atoms with Gasteiger partial charge in [-0.05, 0) is 49.6 Å². The van der Waals surface area contributed by atoms with Crippen LogP contribution in [0.5, 0.6) is 0 Å². The number of carbonyl (C=O) groups excluding carboxylic acids is 1. The maximum absolute atomic E-state index is 13.7. The van der Waals surface area contributed by atoms with Crippen molar-refractivity contribution in [1.29, 1.82) is 0 Å². The van der Waals surface area contributed by atoms with Crippen molar-refractivity contribution in [2.75, 3.05) is 11.9 Å². The van der Waals surface area contributed by atoms with Gasteiger partial charge in [0.1, 0.15) is 5.82 Å². The van der Waals surface area contributed by atoms with E-state index in [1.165, 1.54) is 0 Å². The molecule has 0 aliphatic heterocycles. The van der Waals surface area contributed by atoms with Crippen molar-refractivity contribution in [1.82, 2.24) is 14.5 Å². The van der Waals surface area contributed by atoms with E-state index in [9.17, 15) is 9.59 Å². The highest BCUT2D eigenvalue weighted by Crippen LogP contribution is 2.26. The fraction of sp³-hybridized carbons (Fsp3) is 0.276. The summed E-state index contributed by atoms with van der Waals surface area (Å²) in [7, 11) is 0. The van der Waals surface area contributed by atoms with Gasteiger partial charge >= 0.3 is 6.03 Å². The molecular weight excluding hydrogens is 436 g/mol. The normalized spacial score (nSPS) is 11.9. The lowest BCUT2D eigenvalue weighted by atomic mass is 10.1. The second-order valence-corrected chi connectivity index (χ2v) is 8.78. The topological polar surface area (TPSA) is 67.2 Å². The average molecular weight is 469 g/mol. The summed E-state index contributed by atoms with van der Waals surface area (Å²) < 4.78 is 1.73. The summed E-state index contributed by atoms with van der Waals surface area (Å²) in [6.45, 7) is 7.02. The van der Waals surface area contributed by atoms with Crippen LogP contribution in [-0.2, 0) is 6.54 Å². The van der Waals surface area contributed by atoms with Crippen LogP contribution < -0.4 is 10.9 Å². The molecule has 2 amide bonds. The summed E-state index contributed by atoms with van der Waals surface area (Å²) >= 11 is 0. The molecule has 0 radical (unpaired) electrons. The van der Waals surface area contributed by atoms with Gasteiger partial charge in [0.25, 0.3) is 5.56 Å². The van der Waals surface area contributed by atoms with Gasteiger partial charge in [-0.3, -0.25) is 9.36 Å². The van der Waals surface area contributed by atoms with Crippen molar-refractivity contribution in [3.8, 4) is 0 Å². The van der Waals surface area contributed by atoms with Crippen molar-refractivity contribution in [3.05, 3.63) is 106 Å². The molecule has 1 aromatic heterocycles. The largest absolute Gasteiger partial charge is 0.322 e. The van der Waals surface area contributed by atoms with Gasteiger partial charge in [0, 0.05) is 12.2 Å². The number of fused-ring (bicyclic) bond motifs is 1. The number of anilines is 1. The van der Waals surface area contributed by atoms with E-state index in [1.807, 2.05) is 99.6 Å². The minimum atomic E-state index is -0.360. The molecule has 1 N–H and O–H groups in total. The summed E-state index contributed by atoms with van der Waals surface area (Å²) in [5.41, 5.74) is 3.43. The fourth-order valence-electron chi connectivity index (χ4n) is 4.37. The standard InChI is InChI=1S/C29H32N4O2/c1-4-19-32(29(35)30-23-17-15-21(3)16-18-23)26(5-2)27-31-25-14-10-9-13-24(25)28(34)33(27)20-22-11-7-6-8-12-22/h6-18,26H,4-5,19-20H2,1-3H3,(H,30,35). The molecule has 6 nitrogen and oxygen atoms in total. The molecule has 1 atom stereocenters. The van der Waals surface area contributed by atoms with Crippen molar-refractivity contribution in [2.24, 2.45) is 0 Å². The minimum Gasteiger partial charge on any atom is -0.314 e. The Kier molecular flexibility index (Phi) is 7.60. The Morgan fingerprint density at radius 2 is 1.66 bits per heavy atom. The first kappa shape index (κ1) is 24.2. The van der Waals surface area contributed by atoms with E-state index in [0.717, 1.165) is 23.2 Å². The van der Waals surface area contributed by atoms with Crippen LogP contribution in [0.1, 0.15) is 49.7 Å². The third kappa shape index (κ3) is 5.43. The minimum absolute atomic E-state index is 0.0942. The maximum Gasteiger partial charge on any atom is 0.322 e. The number of benzene rings is 3. The van der Waals surface area contributed by atoms with Gasteiger partial charge in [-0.2, -0.15) is 0 Å². The molecule has 0 bridgehead atoms. The molecular formula is C29H32N4O2. The van der Waals surface area contributed by atoms with Crippen molar-refractivity contribution in [2.45, 2.75) is 46.2 Å². The molecule has 1 unspecified atom stereocenters. The van der Waals surface area contributed by atoms with Crippen LogP contribution in [0.4, 0.5) is 10.5 Å². The molecule has 0 saturated heterocycles. The Balaban J connectivity index is 1.79. The highest BCUT2D eigenvalue weighted by Gasteiger charge is 2.28. The zero-order chi connectivity index (χ0) is 24.8. The van der Waals surface area contributed by atoms with E-state index in [0.29, 0.717) is 36.2 Å². The molecule has 0 saturated carbocycles. The predicted octanol–water partition coefficient (Wildman–Crippen LogP) is 6.15. The Hall–Kier alpha value is -3.93. The SMILES string of the molecule is CCCN(C(=O)Nc1ccc(C)cc1)C(CC)c1nc2ccccc2c(=O)n1Cc1ccccc1. The lowest BCUT2D eigenvalue weighted by Crippen LogP contribution is -2.41. The Bertz CT molecular complexity index is 1350. The van der Waals surface area contributed by atoms with Gasteiger partial charge in [0.2, 0.25) is 0 Å². The number of hydrogen-bond donors (Lipinski definition) is 1. The summed E-state index contributed by atoms with van der Waals surface area (Å²) in [6.07, 6.45) is 1.41. The lowest BCUT2D eigenvalue weighted by molar-refractivity contribution is 0.180. The second-order valence-electron chi connectivity index (χ2n) is 8.78. The van der Waals surface area contributed by atoms with Crippen LogP contribution in [0.3, 0.4) is 0 Å². The fourth-order valence-corrected chi connectivity index (χ4v) is 4.37. The number of hydrogen-bond acceptors (Lipinski definition) is 3. The molecule has 0 aliphatic rings. The molecule has 6 heteroatoms. The molecule has 180 valence electrons. The van der Waals surface area contributed by atoms with Gasteiger partial charge in [0.15, 0.2) is 0 Å². The third-order valence-electron chi connectivity index (χ3n) is 6.16. The van der Waals surface area contributed by atoms with Crippen molar-refractivity contribution in [3.63, 3.8) is 0 Å². The molecule has 4 rings (SSSR count). The predicted molar refractivity (Wildman–Crippen MR) is 142 cm³/mol. The Labute approximate surface area is 206 Å². The number of nitrogens with one attached hydrogen (secondary N) is 1. The zero-order valence-electron chi connectivity index (χ0n) is 20.6. The molecule has 0 spiro atoms. The highest BCUT2D eigenvalue weighted by atomic mass is 16.2. The summed E-state index contributed by atoms with van der Waals surface area (Å²) in [6, 6.07) is 24.5. The number of carbonyl (C=O) groups is 1. The molecule has 3 aromatic carbocycles. The summed E-state index contributed by atoms with van der Waals surface area (Å²) in [4.78, 5) is 33.9. The Morgan fingerprint density at radius 1 is 0.971 bits per heavy atom. The average Bonchev–Trinajstić information content (AvgIpc) is 2.88. The molecule has 1 heterocycles. The van der Waals surface area contributed by atoms with E-state index < -0.39 is 0 Å². The first-order chi connectivity index (χ1) is 17.0. The number of para-hydroxylation sites is 1. The first-order valence-electron chi connectivity index (χ1n) is 12.2. The van der Waals surface area contributed by atoms with Crippen LogP contribution in [0.15, 0.2) is 83.7 Å². The molecule has 0 aliphatic carbocycles. The van der Waals surface area contributed by atoms with E-state index in [2.05, 4.69) is 5.32 Å². The molecule has 4 aromatic rings. The van der Waals surface area contributed by atoms with Crippen LogP contribution in [-0.4, -0.2) is 27.0 Å². The number of rotatable bonds is 8. The Morgan fingerprint density at radius 3 is 2.34 bits per heavy atom. The van der Waals surface area contributed by atoms with Gasteiger partial charge < -0.3 is 10.2 Å². The summed E-state index contributed by atoms with van der Waals surface area (Å²) in [5, 5.41) is 3.61. The first-order valence-corrected chi connectivity index (χ1v) is 12.2. The maximum atomic E-state index is 13.7. The molecule has 35 heavy (non-hydrogen) atoms. The smallest absolute Gasteiger partial charge is 0.314 e. The summed E-state index contributed by atoms with van der Waals surface area (Å²) in [5.74, 6) is 0.604. The zero-order valence-corrected chi connectivity index (χ0v) is 20.6. The van der Waals surface area contributed by atoms with Gasteiger partial charge in [-0.25, -0.2) is 9.78 Å². The van der Waals surface area contributed by atoms with Crippen molar-refractivity contribution < 1.29 is 4.79 Å². The van der Waals surface area contributed by atoms with E-state index in [1.54, 1.807) is 9.47 Å².